The Kier molecular flexibility index (Phi) is 4.83. The van der Waals surface area contributed by atoms with E-state index in [0.717, 1.165) is 0 Å². The van der Waals surface area contributed by atoms with Crippen LogP contribution in [0.3, 0.4) is 0 Å². The topological polar surface area (TPSA) is 73.0 Å². The molecule has 4 aromatic rings. The maximum atomic E-state index is 13.1. The third-order valence-corrected chi connectivity index (χ3v) is 5.09. The van der Waals surface area contributed by atoms with E-state index < -0.39 is 0 Å². The van der Waals surface area contributed by atoms with Gasteiger partial charge < -0.3 is 9.73 Å². The van der Waals surface area contributed by atoms with Gasteiger partial charge in [0.25, 0.3) is 5.91 Å². The van der Waals surface area contributed by atoms with Gasteiger partial charge >= 0.3 is 0 Å². The summed E-state index contributed by atoms with van der Waals surface area (Å²) in [6.07, 6.45) is 3.20. The number of aromatic nitrogens is 3. The number of hydrogen-bond donors (Lipinski definition) is 1. The van der Waals surface area contributed by atoms with Crippen molar-refractivity contribution in [1.82, 2.24) is 14.8 Å². The van der Waals surface area contributed by atoms with Gasteiger partial charge in [0, 0.05) is 6.04 Å². The molecular weight excluding hydrogens is 399 g/mol. The molecule has 0 fully saturated rings. The number of fused-ring (bicyclic) bond motifs is 1. The third kappa shape index (κ3) is 3.25. The Morgan fingerprint density at radius 3 is 2.75 bits per heavy atom. The van der Waals surface area contributed by atoms with Gasteiger partial charge in [0.05, 0.1) is 39.1 Å². The molecule has 0 aliphatic heterocycles. The van der Waals surface area contributed by atoms with E-state index >= 15 is 0 Å². The Hall–Kier alpha value is -2.83. The van der Waals surface area contributed by atoms with Crippen molar-refractivity contribution in [2.45, 2.75) is 19.9 Å². The zero-order chi connectivity index (χ0) is 19.8. The lowest BCUT2D eigenvalue weighted by Crippen LogP contribution is -2.13. The van der Waals surface area contributed by atoms with Crippen molar-refractivity contribution >= 4 is 45.8 Å². The molecule has 0 bridgehead atoms. The molecule has 0 saturated heterocycles. The highest BCUT2D eigenvalue weighted by molar-refractivity contribution is 6.44. The first-order valence-corrected chi connectivity index (χ1v) is 9.39. The number of pyridine rings is 1. The van der Waals surface area contributed by atoms with Crippen LogP contribution in [0.4, 0.5) is 5.69 Å². The Morgan fingerprint density at radius 1 is 1.21 bits per heavy atom. The number of amides is 1. The summed E-state index contributed by atoms with van der Waals surface area (Å²) in [6.45, 7) is 4.00. The second-order valence-electron chi connectivity index (χ2n) is 6.51. The number of benzene rings is 1. The van der Waals surface area contributed by atoms with Crippen molar-refractivity contribution in [2.75, 3.05) is 5.32 Å². The molecule has 6 nitrogen and oxygen atoms in total. The molecule has 0 aliphatic carbocycles. The average Bonchev–Trinajstić information content (AvgIpc) is 3.34. The van der Waals surface area contributed by atoms with E-state index in [-0.39, 0.29) is 17.0 Å². The van der Waals surface area contributed by atoms with Gasteiger partial charge in [-0.1, -0.05) is 29.3 Å². The normalized spacial score (nSPS) is 11.3. The predicted octanol–water partition coefficient (Wildman–Crippen LogP) is 5.83. The fraction of sp³-hybridized carbons (Fsp3) is 0.150. The highest BCUT2D eigenvalue weighted by Gasteiger charge is 2.20. The third-order valence-electron chi connectivity index (χ3n) is 4.27. The van der Waals surface area contributed by atoms with Gasteiger partial charge in [0.2, 0.25) is 0 Å². The Bertz CT molecular complexity index is 1170. The number of halogens is 2. The van der Waals surface area contributed by atoms with Crippen molar-refractivity contribution in [3.63, 3.8) is 0 Å². The molecule has 0 saturated carbocycles. The number of furan rings is 1. The minimum Gasteiger partial charge on any atom is -0.463 e. The molecule has 0 aliphatic rings. The number of anilines is 1. The van der Waals surface area contributed by atoms with Crippen LogP contribution in [0, 0.1) is 0 Å². The summed E-state index contributed by atoms with van der Waals surface area (Å²) in [5.41, 5.74) is 1.99. The molecule has 1 N–H and O–H groups in total. The SMILES string of the molecule is CC(C)n1ncc2c(C(=O)Nc3cccc(Cl)c3Cl)cc(-c3ccco3)nc21. The van der Waals surface area contributed by atoms with Gasteiger partial charge in [0.1, 0.15) is 5.69 Å². The number of carbonyl (C=O) groups is 1. The molecule has 0 unspecified atom stereocenters. The van der Waals surface area contributed by atoms with Gasteiger partial charge in [0.15, 0.2) is 11.4 Å². The van der Waals surface area contributed by atoms with Crippen LogP contribution >= 0.6 is 23.2 Å². The minimum absolute atomic E-state index is 0.0788. The van der Waals surface area contributed by atoms with Crippen molar-refractivity contribution < 1.29 is 9.21 Å². The lowest BCUT2D eigenvalue weighted by Gasteiger charge is -2.11. The van der Waals surface area contributed by atoms with Crippen molar-refractivity contribution in [3.05, 3.63) is 64.5 Å². The summed E-state index contributed by atoms with van der Waals surface area (Å²) < 4.78 is 7.24. The zero-order valence-corrected chi connectivity index (χ0v) is 16.6. The number of nitrogens with zero attached hydrogens (tertiary/aromatic N) is 3. The Morgan fingerprint density at radius 2 is 2.04 bits per heavy atom. The number of hydrogen-bond acceptors (Lipinski definition) is 4. The molecule has 1 amide bonds. The summed E-state index contributed by atoms with van der Waals surface area (Å²) in [7, 11) is 0. The van der Waals surface area contributed by atoms with Gasteiger partial charge in [-0.25, -0.2) is 9.67 Å². The fourth-order valence-electron chi connectivity index (χ4n) is 2.92. The first kappa shape index (κ1) is 18.5. The van der Waals surface area contributed by atoms with Crippen molar-refractivity contribution in [3.8, 4) is 11.5 Å². The standard InChI is InChI=1S/C20H16Cl2N4O2/c1-11(2)26-19-13(10-23-26)12(9-16(24-19)17-7-4-8-28-17)20(27)25-15-6-3-5-14(21)18(15)22/h3-11H,1-2H3,(H,25,27). The predicted molar refractivity (Wildman–Crippen MR) is 110 cm³/mol. The second kappa shape index (κ2) is 7.30. The van der Waals surface area contributed by atoms with Crippen LogP contribution in [0.15, 0.2) is 53.3 Å². The van der Waals surface area contributed by atoms with Crippen LogP contribution in [0.2, 0.25) is 10.0 Å². The second-order valence-corrected chi connectivity index (χ2v) is 7.29. The van der Waals surface area contributed by atoms with Crippen LogP contribution in [0.1, 0.15) is 30.2 Å². The summed E-state index contributed by atoms with van der Waals surface area (Å²) in [5.74, 6) is 0.223. The van der Waals surface area contributed by atoms with Crippen LogP contribution in [0.25, 0.3) is 22.5 Å². The molecule has 0 atom stereocenters. The lowest BCUT2D eigenvalue weighted by molar-refractivity contribution is 0.102. The highest BCUT2D eigenvalue weighted by atomic mass is 35.5. The van der Waals surface area contributed by atoms with E-state index in [9.17, 15) is 4.79 Å². The summed E-state index contributed by atoms with van der Waals surface area (Å²) in [4.78, 5) is 17.7. The first-order valence-electron chi connectivity index (χ1n) is 8.63. The highest BCUT2D eigenvalue weighted by Crippen LogP contribution is 2.31. The molecular formula is C20H16Cl2N4O2. The Labute approximate surface area is 171 Å². The molecule has 3 aromatic heterocycles. The van der Waals surface area contributed by atoms with E-state index in [4.69, 9.17) is 27.6 Å². The smallest absolute Gasteiger partial charge is 0.256 e. The molecule has 142 valence electrons. The minimum atomic E-state index is -0.340. The molecule has 8 heteroatoms. The monoisotopic (exact) mass is 414 g/mol. The molecule has 1 aromatic carbocycles. The van der Waals surface area contributed by atoms with E-state index in [2.05, 4.69) is 15.4 Å². The van der Waals surface area contributed by atoms with Gasteiger partial charge in [-0.2, -0.15) is 5.10 Å². The van der Waals surface area contributed by atoms with Crippen LogP contribution in [-0.4, -0.2) is 20.7 Å². The molecule has 4 rings (SSSR count). The Balaban J connectivity index is 1.85. The van der Waals surface area contributed by atoms with Crippen molar-refractivity contribution in [1.29, 1.82) is 0 Å². The van der Waals surface area contributed by atoms with E-state index in [0.29, 0.717) is 38.8 Å². The number of carbonyl (C=O) groups excluding carboxylic acids is 1. The van der Waals surface area contributed by atoms with E-state index in [1.807, 2.05) is 13.8 Å². The van der Waals surface area contributed by atoms with E-state index in [1.165, 1.54) is 0 Å². The maximum Gasteiger partial charge on any atom is 0.256 e. The van der Waals surface area contributed by atoms with Crippen LogP contribution < -0.4 is 5.32 Å². The summed E-state index contributed by atoms with van der Waals surface area (Å²) in [5, 5.41) is 8.50. The quantitative estimate of drug-likeness (QED) is 0.455. The lowest BCUT2D eigenvalue weighted by atomic mass is 10.1. The molecule has 0 spiro atoms. The number of nitrogens with one attached hydrogen (secondary N) is 1. The molecule has 0 radical (unpaired) electrons. The summed E-state index contributed by atoms with van der Waals surface area (Å²) >= 11 is 12.3. The zero-order valence-electron chi connectivity index (χ0n) is 15.1. The average molecular weight is 415 g/mol. The van der Waals surface area contributed by atoms with Crippen LogP contribution in [0.5, 0.6) is 0 Å². The van der Waals surface area contributed by atoms with Gasteiger partial charge in [-0.3, -0.25) is 4.79 Å². The number of rotatable bonds is 4. The van der Waals surface area contributed by atoms with E-state index in [1.54, 1.807) is 53.5 Å². The maximum absolute atomic E-state index is 13.1. The van der Waals surface area contributed by atoms with Crippen LogP contribution in [-0.2, 0) is 0 Å². The molecule has 3 heterocycles. The van der Waals surface area contributed by atoms with Gasteiger partial charge in [-0.15, -0.1) is 0 Å². The molecule has 28 heavy (non-hydrogen) atoms. The van der Waals surface area contributed by atoms with Crippen molar-refractivity contribution in [2.24, 2.45) is 0 Å². The first-order chi connectivity index (χ1) is 13.5. The largest absolute Gasteiger partial charge is 0.463 e. The summed E-state index contributed by atoms with van der Waals surface area (Å²) in [6, 6.07) is 10.4. The van der Waals surface area contributed by atoms with Gasteiger partial charge in [-0.05, 0) is 44.2 Å². The fourth-order valence-corrected chi connectivity index (χ4v) is 3.27.